The molecular formula is C22H19F3N4O5S. The fraction of sp³-hybridized carbons (Fsp3) is 0.273. The summed E-state index contributed by atoms with van der Waals surface area (Å²) in [5, 5.41) is 5.78. The van der Waals surface area contributed by atoms with Gasteiger partial charge in [0, 0.05) is 5.69 Å². The van der Waals surface area contributed by atoms with Gasteiger partial charge in [-0.1, -0.05) is 12.1 Å². The smallest absolute Gasteiger partial charge is 0.416 e. The van der Waals surface area contributed by atoms with Gasteiger partial charge in [0.2, 0.25) is 17.7 Å². The predicted molar refractivity (Wildman–Crippen MR) is 119 cm³/mol. The molecule has 4 rings (SSSR count). The summed E-state index contributed by atoms with van der Waals surface area (Å²) in [6.45, 7) is -1.03. The van der Waals surface area contributed by atoms with Gasteiger partial charge in [-0.3, -0.25) is 19.3 Å². The zero-order valence-electron chi connectivity index (χ0n) is 17.9. The Labute approximate surface area is 201 Å². The minimum atomic E-state index is -4.58. The summed E-state index contributed by atoms with van der Waals surface area (Å²) < 4.78 is 44.0. The molecule has 5 amide bonds. The molecule has 35 heavy (non-hydrogen) atoms. The van der Waals surface area contributed by atoms with Crippen LogP contribution >= 0.6 is 11.8 Å². The number of furan rings is 1. The van der Waals surface area contributed by atoms with E-state index in [1.807, 2.05) is 0 Å². The predicted octanol–water partition coefficient (Wildman–Crippen LogP) is 2.82. The summed E-state index contributed by atoms with van der Waals surface area (Å²) in [4.78, 5) is 52.8. The SMILES string of the molecule is O=C(CN1C(=O)C2SC=CC2N(CC(=O)Nc2cccc(C(F)(F)F)c2)C1=O)NCc1ccco1. The van der Waals surface area contributed by atoms with Crippen molar-refractivity contribution in [2.75, 3.05) is 18.4 Å². The number of hydrogen-bond donors (Lipinski definition) is 2. The molecule has 1 aromatic carbocycles. The fourth-order valence-electron chi connectivity index (χ4n) is 3.64. The van der Waals surface area contributed by atoms with Crippen molar-refractivity contribution in [3.63, 3.8) is 0 Å². The van der Waals surface area contributed by atoms with Crippen LogP contribution in [0.25, 0.3) is 0 Å². The number of nitrogens with zero attached hydrogens (tertiary/aromatic N) is 2. The third-order valence-corrected chi connectivity index (χ3v) is 6.37. The molecule has 2 unspecified atom stereocenters. The largest absolute Gasteiger partial charge is 0.467 e. The number of nitrogens with one attached hydrogen (secondary N) is 2. The Kier molecular flexibility index (Phi) is 6.87. The number of thioether (sulfide) groups is 1. The number of anilines is 1. The Morgan fingerprint density at radius 2 is 1.89 bits per heavy atom. The molecule has 2 aromatic rings. The van der Waals surface area contributed by atoms with E-state index in [9.17, 15) is 32.3 Å². The van der Waals surface area contributed by atoms with E-state index in [4.69, 9.17) is 4.42 Å². The molecule has 0 bridgehead atoms. The van der Waals surface area contributed by atoms with E-state index >= 15 is 0 Å². The van der Waals surface area contributed by atoms with Gasteiger partial charge in [-0.25, -0.2) is 4.79 Å². The highest BCUT2D eigenvalue weighted by atomic mass is 32.2. The molecule has 1 saturated heterocycles. The third-order valence-electron chi connectivity index (χ3n) is 5.29. The number of rotatable bonds is 7. The minimum absolute atomic E-state index is 0.0630. The van der Waals surface area contributed by atoms with Crippen molar-refractivity contribution >= 4 is 41.2 Å². The average molecular weight is 508 g/mol. The first kappa shape index (κ1) is 24.4. The van der Waals surface area contributed by atoms with Crippen LogP contribution in [0.4, 0.5) is 23.7 Å². The first-order chi connectivity index (χ1) is 16.6. The number of fused-ring (bicyclic) bond motifs is 1. The summed E-state index contributed by atoms with van der Waals surface area (Å²) in [7, 11) is 0. The number of hydrogen-bond acceptors (Lipinski definition) is 6. The summed E-state index contributed by atoms with van der Waals surface area (Å²) in [5.41, 5.74) is -1.02. The van der Waals surface area contributed by atoms with Crippen molar-refractivity contribution in [3.05, 3.63) is 65.5 Å². The van der Waals surface area contributed by atoms with Gasteiger partial charge in [-0.05, 0) is 35.7 Å². The molecule has 0 aliphatic carbocycles. The highest BCUT2D eigenvalue weighted by Gasteiger charge is 2.48. The fourth-order valence-corrected chi connectivity index (χ4v) is 4.70. The molecular weight excluding hydrogens is 489 g/mol. The first-order valence-corrected chi connectivity index (χ1v) is 11.3. The van der Waals surface area contributed by atoms with Gasteiger partial charge in [0.1, 0.15) is 24.1 Å². The van der Waals surface area contributed by atoms with Gasteiger partial charge in [0.25, 0.3) is 0 Å². The van der Waals surface area contributed by atoms with Crippen LogP contribution in [-0.4, -0.2) is 57.9 Å². The number of carbonyl (C=O) groups excluding carboxylic acids is 4. The van der Waals surface area contributed by atoms with Gasteiger partial charge in [0.05, 0.1) is 24.4 Å². The number of urea groups is 1. The van der Waals surface area contributed by atoms with Crippen LogP contribution in [-0.2, 0) is 27.1 Å². The molecule has 0 spiro atoms. The third kappa shape index (κ3) is 5.50. The normalized spacial score (nSPS) is 19.6. The van der Waals surface area contributed by atoms with Crippen molar-refractivity contribution in [2.24, 2.45) is 0 Å². The molecule has 2 atom stereocenters. The first-order valence-electron chi connectivity index (χ1n) is 10.3. The van der Waals surface area contributed by atoms with Crippen molar-refractivity contribution < 1.29 is 36.8 Å². The summed E-state index contributed by atoms with van der Waals surface area (Å²) >= 11 is 1.15. The second-order valence-corrected chi connectivity index (χ2v) is 8.75. The Hall–Kier alpha value is -3.74. The number of alkyl halides is 3. The molecule has 1 fully saturated rings. The second kappa shape index (κ2) is 9.86. The van der Waals surface area contributed by atoms with E-state index in [0.29, 0.717) is 5.76 Å². The van der Waals surface area contributed by atoms with Crippen molar-refractivity contribution in [1.82, 2.24) is 15.1 Å². The Morgan fingerprint density at radius 1 is 1.09 bits per heavy atom. The van der Waals surface area contributed by atoms with Crippen LogP contribution in [0.2, 0.25) is 0 Å². The van der Waals surface area contributed by atoms with Crippen molar-refractivity contribution in [2.45, 2.75) is 24.0 Å². The molecule has 0 saturated carbocycles. The zero-order valence-corrected chi connectivity index (χ0v) is 18.8. The lowest BCUT2D eigenvalue weighted by Crippen LogP contribution is -2.64. The van der Waals surface area contributed by atoms with E-state index < -0.39 is 59.9 Å². The molecule has 0 radical (unpaired) electrons. The highest BCUT2D eigenvalue weighted by molar-refractivity contribution is 8.03. The molecule has 2 aliphatic heterocycles. The van der Waals surface area contributed by atoms with Gasteiger partial charge in [-0.15, -0.1) is 11.8 Å². The molecule has 1 aromatic heterocycles. The maximum absolute atomic E-state index is 13.1. The van der Waals surface area contributed by atoms with Crippen LogP contribution in [0, 0.1) is 0 Å². The van der Waals surface area contributed by atoms with Gasteiger partial charge in [-0.2, -0.15) is 13.2 Å². The molecule has 2 N–H and O–H groups in total. The lowest BCUT2D eigenvalue weighted by molar-refractivity contribution is -0.137. The molecule has 9 nitrogen and oxygen atoms in total. The summed E-state index contributed by atoms with van der Waals surface area (Å²) in [5.74, 6) is -1.44. The molecule has 3 heterocycles. The van der Waals surface area contributed by atoms with Gasteiger partial charge >= 0.3 is 12.2 Å². The van der Waals surface area contributed by atoms with Crippen LogP contribution in [0.1, 0.15) is 11.3 Å². The van der Waals surface area contributed by atoms with Gasteiger partial charge in [0.15, 0.2) is 0 Å². The van der Waals surface area contributed by atoms with Crippen LogP contribution in [0.5, 0.6) is 0 Å². The average Bonchev–Trinajstić information content (AvgIpc) is 3.50. The van der Waals surface area contributed by atoms with Crippen molar-refractivity contribution in [1.29, 1.82) is 0 Å². The van der Waals surface area contributed by atoms with Crippen molar-refractivity contribution in [3.8, 4) is 0 Å². The zero-order chi connectivity index (χ0) is 25.2. The number of carbonyl (C=O) groups is 4. The standard InChI is InChI=1S/C22H19F3N4O5S/c23-22(24,25)13-3-1-4-14(9-13)27-18(31)12-28-16-6-8-35-19(16)20(32)29(21(28)33)11-17(30)26-10-15-5-2-7-34-15/h1-9,16,19H,10-12H2,(H,26,30)(H,27,31). The number of benzene rings is 1. The monoisotopic (exact) mass is 508 g/mol. The molecule has 184 valence electrons. The van der Waals surface area contributed by atoms with E-state index in [0.717, 1.165) is 39.8 Å². The highest BCUT2D eigenvalue weighted by Crippen LogP contribution is 2.34. The Morgan fingerprint density at radius 3 is 2.60 bits per heavy atom. The summed E-state index contributed by atoms with van der Waals surface area (Å²) in [6, 6.07) is 5.81. The maximum Gasteiger partial charge on any atom is 0.416 e. The lowest BCUT2D eigenvalue weighted by atomic mass is 10.1. The van der Waals surface area contributed by atoms with Crippen LogP contribution in [0.3, 0.4) is 0 Å². The lowest BCUT2D eigenvalue weighted by Gasteiger charge is -2.40. The molecule has 2 aliphatic rings. The molecule has 13 heteroatoms. The number of halogens is 3. The second-order valence-electron chi connectivity index (χ2n) is 7.69. The summed E-state index contributed by atoms with van der Waals surface area (Å²) in [6.07, 6.45) is -1.55. The topological polar surface area (TPSA) is 112 Å². The van der Waals surface area contributed by atoms with Crippen LogP contribution in [0.15, 0.2) is 58.6 Å². The minimum Gasteiger partial charge on any atom is -0.467 e. The number of imide groups is 1. The van der Waals surface area contributed by atoms with E-state index in [-0.39, 0.29) is 12.2 Å². The van der Waals surface area contributed by atoms with E-state index in [1.54, 1.807) is 23.6 Å². The van der Waals surface area contributed by atoms with E-state index in [2.05, 4.69) is 10.6 Å². The number of amides is 5. The maximum atomic E-state index is 13.1. The Bertz CT molecular complexity index is 1170. The Balaban J connectivity index is 1.44. The van der Waals surface area contributed by atoms with E-state index in [1.165, 1.54) is 12.3 Å². The van der Waals surface area contributed by atoms with Crippen LogP contribution < -0.4 is 10.6 Å². The quantitative estimate of drug-likeness (QED) is 0.595. The van der Waals surface area contributed by atoms with Gasteiger partial charge < -0.3 is 20.0 Å².